The van der Waals surface area contributed by atoms with E-state index in [4.69, 9.17) is 10.5 Å². The Kier molecular flexibility index (Phi) is 6.51. The summed E-state index contributed by atoms with van der Waals surface area (Å²) in [6.07, 6.45) is 3.97. The number of hydrogen-bond acceptors (Lipinski definition) is 6. The maximum atomic E-state index is 11.8. The Hall–Kier alpha value is -3.03. The van der Waals surface area contributed by atoms with E-state index in [2.05, 4.69) is 21.4 Å². The summed E-state index contributed by atoms with van der Waals surface area (Å²) in [4.78, 5) is 20.9. The van der Waals surface area contributed by atoms with Crippen LogP contribution in [0.1, 0.15) is 35.9 Å². The molecule has 6 nitrogen and oxygen atoms in total. The van der Waals surface area contributed by atoms with Crippen molar-refractivity contribution < 1.29 is 9.53 Å². The predicted octanol–water partition coefficient (Wildman–Crippen LogP) is 4.94. The molecule has 0 aliphatic heterocycles. The van der Waals surface area contributed by atoms with Gasteiger partial charge in [0.05, 0.1) is 22.5 Å². The van der Waals surface area contributed by atoms with Crippen molar-refractivity contribution in [1.29, 1.82) is 0 Å². The van der Waals surface area contributed by atoms with Crippen LogP contribution in [-0.4, -0.2) is 22.6 Å². The molecule has 0 fully saturated rings. The van der Waals surface area contributed by atoms with Gasteiger partial charge in [0.25, 0.3) is 0 Å². The number of benzene rings is 2. The summed E-state index contributed by atoms with van der Waals surface area (Å²) < 4.78 is 6.34. The monoisotopic (exact) mass is 420 g/mol. The third-order valence-corrected chi connectivity index (χ3v) is 6.12. The number of pyridine rings is 1. The van der Waals surface area contributed by atoms with Crippen molar-refractivity contribution in [3.63, 3.8) is 0 Å². The zero-order valence-corrected chi connectivity index (χ0v) is 17.4. The molecular weight excluding hydrogens is 396 g/mol. The van der Waals surface area contributed by atoms with Gasteiger partial charge in [-0.3, -0.25) is 4.98 Å². The van der Waals surface area contributed by atoms with Gasteiger partial charge < -0.3 is 15.8 Å². The number of ether oxygens (including phenoxy) is 1. The minimum absolute atomic E-state index is 0.119. The maximum Gasteiger partial charge on any atom is 0.407 e. The molecule has 0 saturated heterocycles. The molecule has 0 radical (unpaired) electrons. The zero-order valence-electron chi connectivity index (χ0n) is 16.6. The first kappa shape index (κ1) is 20.3. The number of para-hydroxylation sites is 1. The Bertz CT molecular complexity index is 1130. The number of nitrogens with two attached hydrogens (primary N) is 1. The van der Waals surface area contributed by atoms with E-state index in [1.54, 1.807) is 11.3 Å². The highest BCUT2D eigenvalue weighted by Crippen LogP contribution is 2.32. The molecular formula is C23H24N4O2S. The van der Waals surface area contributed by atoms with Crippen molar-refractivity contribution in [3.05, 3.63) is 71.4 Å². The summed E-state index contributed by atoms with van der Waals surface area (Å²) in [5.74, 6) is 0. The highest BCUT2D eigenvalue weighted by Gasteiger charge is 2.14. The van der Waals surface area contributed by atoms with Gasteiger partial charge in [-0.05, 0) is 30.9 Å². The number of thiazole rings is 1. The topological polar surface area (TPSA) is 90.1 Å². The number of carbonyl (C=O) groups excluding carboxylic acids is 1. The van der Waals surface area contributed by atoms with Crippen LogP contribution in [0.2, 0.25) is 0 Å². The number of carbonyl (C=O) groups is 1. The fourth-order valence-corrected chi connectivity index (χ4v) is 4.38. The molecule has 4 rings (SSSR count). The number of rotatable bonds is 8. The second kappa shape index (κ2) is 9.65. The van der Waals surface area contributed by atoms with Gasteiger partial charge >= 0.3 is 6.09 Å². The molecule has 1 atom stereocenters. The molecule has 0 bridgehead atoms. The fraction of sp³-hybridized carbons (Fsp3) is 0.261. The van der Waals surface area contributed by atoms with Gasteiger partial charge in [0.1, 0.15) is 17.1 Å². The van der Waals surface area contributed by atoms with Crippen molar-refractivity contribution in [2.24, 2.45) is 5.73 Å². The lowest BCUT2D eigenvalue weighted by Crippen LogP contribution is -2.25. The van der Waals surface area contributed by atoms with Crippen LogP contribution in [0.25, 0.3) is 21.1 Å². The molecule has 4 aromatic rings. The van der Waals surface area contributed by atoms with Crippen molar-refractivity contribution in [2.45, 2.75) is 31.9 Å². The normalized spacial score (nSPS) is 12.2. The van der Waals surface area contributed by atoms with E-state index >= 15 is 0 Å². The smallest absolute Gasteiger partial charge is 0.407 e. The quantitative estimate of drug-likeness (QED) is 0.394. The van der Waals surface area contributed by atoms with E-state index in [9.17, 15) is 4.79 Å². The standard InChI is InChI=1S/C23H24N4O2S/c24-18(11-6-7-13-25-23(28)29-15-16-8-2-1-3-9-16)22-27-20-14-26-19-12-5-4-10-17(19)21(20)30-22/h1-5,8-10,12,14,18H,6-7,11,13,15,24H2,(H,25,28)/t18-/m1/s1. The molecule has 1 amide bonds. The van der Waals surface area contributed by atoms with Crippen molar-refractivity contribution >= 4 is 38.5 Å². The van der Waals surface area contributed by atoms with Gasteiger partial charge in [0, 0.05) is 11.9 Å². The Balaban J connectivity index is 1.22. The van der Waals surface area contributed by atoms with Crippen LogP contribution < -0.4 is 11.1 Å². The third-order valence-electron chi connectivity index (χ3n) is 4.89. The molecule has 3 N–H and O–H groups in total. The first-order valence-electron chi connectivity index (χ1n) is 10.0. The molecule has 154 valence electrons. The van der Waals surface area contributed by atoms with Crippen LogP contribution >= 0.6 is 11.3 Å². The summed E-state index contributed by atoms with van der Waals surface area (Å²) >= 11 is 1.64. The number of aromatic nitrogens is 2. The van der Waals surface area contributed by atoms with Crippen molar-refractivity contribution in [1.82, 2.24) is 15.3 Å². The maximum absolute atomic E-state index is 11.8. The molecule has 7 heteroatoms. The summed E-state index contributed by atoms with van der Waals surface area (Å²) in [7, 11) is 0. The minimum atomic E-state index is -0.395. The van der Waals surface area contributed by atoms with Crippen LogP contribution in [0.4, 0.5) is 4.79 Å². The molecule has 2 heterocycles. The molecule has 30 heavy (non-hydrogen) atoms. The predicted molar refractivity (Wildman–Crippen MR) is 120 cm³/mol. The van der Waals surface area contributed by atoms with Gasteiger partial charge in [0.2, 0.25) is 0 Å². The minimum Gasteiger partial charge on any atom is -0.445 e. The first-order valence-corrected chi connectivity index (χ1v) is 10.9. The number of nitrogens with zero attached hydrogens (tertiary/aromatic N) is 2. The number of hydrogen-bond donors (Lipinski definition) is 2. The van der Waals surface area contributed by atoms with Crippen LogP contribution in [0, 0.1) is 0 Å². The fourth-order valence-electron chi connectivity index (χ4n) is 3.27. The average molecular weight is 421 g/mol. The largest absolute Gasteiger partial charge is 0.445 e. The number of nitrogens with one attached hydrogen (secondary N) is 1. The third kappa shape index (κ3) is 4.93. The molecule has 0 unspecified atom stereocenters. The van der Waals surface area contributed by atoms with E-state index in [1.165, 1.54) is 0 Å². The van der Waals surface area contributed by atoms with Crippen LogP contribution in [0.5, 0.6) is 0 Å². The number of fused-ring (bicyclic) bond motifs is 3. The molecule has 0 aliphatic rings. The lowest BCUT2D eigenvalue weighted by molar-refractivity contribution is 0.139. The molecule has 2 aromatic carbocycles. The average Bonchev–Trinajstić information content (AvgIpc) is 3.23. The van der Waals surface area contributed by atoms with Crippen LogP contribution in [0.15, 0.2) is 60.8 Å². The molecule has 0 aliphatic carbocycles. The number of amides is 1. The van der Waals surface area contributed by atoms with E-state index in [0.29, 0.717) is 6.54 Å². The first-order chi connectivity index (χ1) is 14.7. The summed E-state index contributed by atoms with van der Waals surface area (Å²) in [6.45, 7) is 0.841. The van der Waals surface area contributed by atoms with E-state index in [1.807, 2.05) is 54.7 Å². The Morgan fingerprint density at radius 1 is 1.07 bits per heavy atom. The van der Waals surface area contributed by atoms with Gasteiger partial charge in [-0.2, -0.15) is 0 Å². The summed E-state index contributed by atoms with van der Waals surface area (Å²) in [5, 5.41) is 4.83. The molecule has 0 saturated carbocycles. The van der Waals surface area contributed by atoms with Crippen molar-refractivity contribution in [3.8, 4) is 0 Å². The zero-order chi connectivity index (χ0) is 20.8. The second-order valence-electron chi connectivity index (χ2n) is 7.13. The lowest BCUT2D eigenvalue weighted by Gasteiger charge is -2.09. The Morgan fingerprint density at radius 2 is 1.87 bits per heavy atom. The van der Waals surface area contributed by atoms with Gasteiger partial charge in [-0.1, -0.05) is 48.5 Å². The highest BCUT2D eigenvalue weighted by atomic mass is 32.1. The number of unbranched alkanes of at least 4 members (excludes halogenated alkanes) is 1. The van der Waals surface area contributed by atoms with Gasteiger partial charge in [-0.25, -0.2) is 9.78 Å². The summed E-state index contributed by atoms with van der Waals surface area (Å²) in [5.41, 5.74) is 9.21. The SMILES string of the molecule is N[C@H](CCCCNC(=O)OCc1ccccc1)c1nc2cnc3ccccc3c2s1. The van der Waals surface area contributed by atoms with Crippen LogP contribution in [0.3, 0.4) is 0 Å². The molecule has 2 aromatic heterocycles. The van der Waals surface area contributed by atoms with Gasteiger partial charge in [0.15, 0.2) is 0 Å². The van der Waals surface area contributed by atoms with Gasteiger partial charge in [-0.15, -0.1) is 11.3 Å². The van der Waals surface area contributed by atoms with E-state index in [0.717, 1.165) is 51.0 Å². The highest BCUT2D eigenvalue weighted by molar-refractivity contribution is 7.19. The van der Waals surface area contributed by atoms with E-state index in [-0.39, 0.29) is 12.6 Å². The second-order valence-corrected chi connectivity index (χ2v) is 8.16. The molecule has 0 spiro atoms. The van der Waals surface area contributed by atoms with Crippen molar-refractivity contribution in [2.75, 3.05) is 6.54 Å². The summed E-state index contributed by atoms with van der Waals surface area (Å²) in [6, 6.07) is 17.6. The Labute approximate surface area is 179 Å². The van der Waals surface area contributed by atoms with E-state index < -0.39 is 6.09 Å². The number of alkyl carbamates (subject to hydrolysis) is 1. The lowest BCUT2D eigenvalue weighted by atomic mass is 10.1. The Morgan fingerprint density at radius 3 is 2.73 bits per heavy atom. The van der Waals surface area contributed by atoms with Crippen LogP contribution in [-0.2, 0) is 11.3 Å².